The van der Waals surface area contributed by atoms with E-state index in [4.69, 9.17) is 15.3 Å². The Labute approximate surface area is 60.6 Å². The molecule has 0 aliphatic carbocycles. The van der Waals surface area contributed by atoms with E-state index in [0.29, 0.717) is 5.71 Å². The zero-order chi connectivity index (χ0) is 8.57. The van der Waals surface area contributed by atoms with Crippen LogP contribution >= 0.6 is 0 Å². The summed E-state index contributed by atoms with van der Waals surface area (Å²) in [5, 5.41) is 26.1. The Morgan fingerprint density at radius 3 is 1.70 bits per heavy atom. The zero-order valence-electron chi connectivity index (χ0n) is 6.15. The maximum atomic E-state index is 7.80. The monoisotopic (exact) mass is 145 g/mol. The predicted molar refractivity (Wildman–Crippen MR) is 41.0 cm³/mol. The molecule has 0 radical (unpaired) electrons. The Morgan fingerprint density at radius 1 is 1.50 bits per heavy atom. The molecule has 0 aromatic carbocycles. The first-order valence-electron chi connectivity index (χ1n) is 2.68. The Morgan fingerprint density at radius 2 is 1.70 bits per heavy atom. The largest absolute Gasteiger partial charge is 0.480 e. The number of rotatable bonds is 1. The predicted octanol–water partition coefficient (Wildman–Crippen LogP) is 0.0408. The summed E-state index contributed by atoms with van der Waals surface area (Å²) in [4.78, 5) is 0. The van der Waals surface area contributed by atoms with Gasteiger partial charge in [0.15, 0.2) is 0 Å². The lowest BCUT2D eigenvalue weighted by molar-refractivity contribution is 0.318. The van der Waals surface area contributed by atoms with Crippen LogP contribution in [-0.2, 0) is 0 Å². The molecule has 5 heteroatoms. The molecule has 0 aromatic rings. The molecule has 0 aliphatic heterocycles. The molecule has 0 heterocycles. The minimum Gasteiger partial charge on any atom is -0.424 e. The minimum atomic E-state index is -1.35. The lowest BCUT2D eigenvalue weighted by atomic mass is 9.94. The van der Waals surface area contributed by atoms with Gasteiger partial charge in [0.1, 0.15) is 0 Å². The number of hydrogen-bond acceptors (Lipinski definition) is 4. The molecule has 0 saturated carbocycles. The van der Waals surface area contributed by atoms with E-state index >= 15 is 0 Å². The second kappa shape index (κ2) is 8.19. The van der Waals surface area contributed by atoms with Crippen molar-refractivity contribution in [2.45, 2.75) is 13.8 Å². The molecule has 0 aliphatic rings. The summed E-state index contributed by atoms with van der Waals surface area (Å²) in [5.41, 5.74) is 0.685. The molecular formula is C5H12BNO3. The van der Waals surface area contributed by atoms with E-state index in [1.165, 1.54) is 0 Å². The van der Waals surface area contributed by atoms with Gasteiger partial charge in [0.25, 0.3) is 0 Å². The fourth-order valence-electron chi connectivity index (χ4n) is 0. The van der Waals surface area contributed by atoms with E-state index in [1.54, 1.807) is 13.8 Å². The molecule has 0 atom stereocenters. The summed E-state index contributed by atoms with van der Waals surface area (Å²) in [7, 11) is -1.35. The highest BCUT2D eigenvalue weighted by molar-refractivity contribution is 6.47. The Hall–Kier alpha value is -0.805. The number of nitrogens with zero attached hydrogens (tertiary/aromatic N) is 1. The van der Waals surface area contributed by atoms with Crippen molar-refractivity contribution in [1.29, 1.82) is 0 Å². The molecule has 4 nitrogen and oxygen atoms in total. The van der Waals surface area contributed by atoms with Gasteiger partial charge in [-0.3, -0.25) is 0 Å². The highest BCUT2D eigenvalue weighted by atomic mass is 16.4. The molecule has 0 rings (SSSR count). The Balaban J connectivity index is 0. The van der Waals surface area contributed by atoms with Crippen LogP contribution in [0.4, 0.5) is 0 Å². The van der Waals surface area contributed by atoms with Gasteiger partial charge < -0.3 is 15.3 Å². The third-order valence-corrected chi connectivity index (χ3v) is 0.411. The van der Waals surface area contributed by atoms with Crippen molar-refractivity contribution in [2.75, 3.05) is 0 Å². The van der Waals surface area contributed by atoms with Crippen molar-refractivity contribution in [3.05, 3.63) is 12.6 Å². The quantitative estimate of drug-likeness (QED) is 0.211. The summed E-state index contributed by atoms with van der Waals surface area (Å²) in [6.07, 6.45) is 0. The summed E-state index contributed by atoms with van der Waals surface area (Å²) in [6, 6.07) is 0. The smallest absolute Gasteiger partial charge is 0.424 e. The van der Waals surface area contributed by atoms with Crippen LogP contribution in [0.2, 0.25) is 0 Å². The van der Waals surface area contributed by atoms with Gasteiger partial charge in [-0.15, -0.1) is 6.58 Å². The Bertz CT molecular complexity index is 109. The number of oxime groups is 1. The van der Waals surface area contributed by atoms with Crippen LogP contribution in [0.25, 0.3) is 0 Å². The fourth-order valence-corrected chi connectivity index (χ4v) is 0. The SMILES string of the molecule is C=CB(O)O.CC(C)=NO. The van der Waals surface area contributed by atoms with E-state index in [9.17, 15) is 0 Å². The maximum absolute atomic E-state index is 7.80. The van der Waals surface area contributed by atoms with Gasteiger partial charge in [-0.1, -0.05) is 11.1 Å². The molecular weight excluding hydrogens is 133 g/mol. The normalized spacial score (nSPS) is 6.80. The first-order valence-corrected chi connectivity index (χ1v) is 2.68. The molecule has 10 heavy (non-hydrogen) atoms. The van der Waals surface area contributed by atoms with Crippen LogP contribution in [-0.4, -0.2) is 28.1 Å². The lowest BCUT2D eigenvalue weighted by Gasteiger charge is -1.75. The second-order valence-electron chi connectivity index (χ2n) is 1.70. The fraction of sp³-hybridized carbons (Fsp3) is 0.400. The average molecular weight is 145 g/mol. The maximum Gasteiger partial charge on any atom is 0.480 e. The molecule has 58 valence electrons. The molecule has 0 bridgehead atoms. The van der Waals surface area contributed by atoms with Gasteiger partial charge in [0, 0.05) is 0 Å². The van der Waals surface area contributed by atoms with Gasteiger partial charge in [-0.05, 0) is 13.8 Å². The molecule has 0 unspecified atom stereocenters. The standard InChI is InChI=1S/C3H7NO.C2H5BO2/c1-3(2)4-5;1-2-3(4)5/h5H,1-2H3;2,4-5H,1H2. The first kappa shape index (κ1) is 11.9. The van der Waals surface area contributed by atoms with E-state index in [1.807, 2.05) is 0 Å². The average Bonchev–Trinajstić information content (AvgIpc) is 1.89. The Kier molecular flexibility index (Phi) is 9.78. The molecule has 3 N–H and O–H groups in total. The van der Waals surface area contributed by atoms with Crippen molar-refractivity contribution in [3.8, 4) is 0 Å². The van der Waals surface area contributed by atoms with Crippen molar-refractivity contribution < 1.29 is 15.3 Å². The minimum absolute atomic E-state index is 0.685. The van der Waals surface area contributed by atoms with Gasteiger partial charge in [0.05, 0.1) is 5.71 Å². The summed E-state index contributed by atoms with van der Waals surface area (Å²) in [5.74, 6) is 1.03. The molecule has 0 fully saturated rings. The number of hydrogen-bond donors (Lipinski definition) is 3. The van der Waals surface area contributed by atoms with Crippen LogP contribution < -0.4 is 0 Å². The van der Waals surface area contributed by atoms with E-state index in [-0.39, 0.29) is 0 Å². The lowest BCUT2D eigenvalue weighted by Crippen LogP contribution is -2.03. The van der Waals surface area contributed by atoms with Crippen LogP contribution in [0.1, 0.15) is 13.8 Å². The molecule has 0 saturated heterocycles. The van der Waals surface area contributed by atoms with Crippen LogP contribution in [0.5, 0.6) is 0 Å². The van der Waals surface area contributed by atoms with Crippen molar-refractivity contribution >= 4 is 12.8 Å². The third-order valence-electron chi connectivity index (χ3n) is 0.411. The topological polar surface area (TPSA) is 73.0 Å². The first-order chi connectivity index (χ1) is 4.54. The highest BCUT2D eigenvalue weighted by Gasteiger charge is 1.92. The van der Waals surface area contributed by atoms with Gasteiger partial charge in [-0.2, -0.15) is 0 Å². The van der Waals surface area contributed by atoms with Crippen molar-refractivity contribution in [3.63, 3.8) is 0 Å². The van der Waals surface area contributed by atoms with Crippen molar-refractivity contribution in [1.82, 2.24) is 0 Å². The van der Waals surface area contributed by atoms with Crippen LogP contribution in [0.3, 0.4) is 0 Å². The van der Waals surface area contributed by atoms with Crippen molar-refractivity contribution in [2.24, 2.45) is 5.16 Å². The second-order valence-corrected chi connectivity index (χ2v) is 1.70. The summed E-state index contributed by atoms with van der Waals surface area (Å²) in [6.45, 7) is 6.50. The van der Waals surface area contributed by atoms with Gasteiger partial charge in [0.2, 0.25) is 0 Å². The summed E-state index contributed by atoms with van der Waals surface area (Å²) < 4.78 is 0. The van der Waals surface area contributed by atoms with Gasteiger partial charge >= 0.3 is 7.12 Å². The summed E-state index contributed by atoms with van der Waals surface area (Å²) >= 11 is 0. The molecule has 0 aromatic heterocycles. The highest BCUT2D eigenvalue weighted by Crippen LogP contribution is 1.62. The molecule has 0 spiro atoms. The molecule has 0 amide bonds. The van der Waals surface area contributed by atoms with Crippen LogP contribution in [0.15, 0.2) is 17.7 Å². The van der Waals surface area contributed by atoms with E-state index in [2.05, 4.69) is 11.7 Å². The van der Waals surface area contributed by atoms with E-state index < -0.39 is 7.12 Å². The zero-order valence-corrected chi connectivity index (χ0v) is 6.15. The van der Waals surface area contributed by atoms with Gasteiger partial charge in [-0.25, -0.2) is 0 Å². The van der Waals surface area contributed by atoms with Crippen LogP contribution in [0, 0.1) is 0 Å². The third kappa shape index (κ3) is 27.1. The van der Waals surface area contributed by atoms with E-state index in [0.717, 1.165) is 5.98 Å².